The van der Waals surface area contributed by atoms with Crippen LogP contribution in [0.25, 0.3) is 0 Å². The molecule has 1 amide bonds. The Labute approximate surface area is 176 Å². The van der Waals surface area contributed by atoms with Crippen molar-refractivity contribution in [1.82, 2.24) is 5.06 Å². The molecule has 0 heterocycles. The number of hydroxylamine groups is 2. The number of rotatable bonds is 13. The molecule has 0 saturated carbocycles. The summed E-state index contributed by atoms with van der Waals surface area (Å²) in [5, 5.41) is 1.22. The van der Waals surface area contributed by atoms with Crippen LogP contribution in [0.2, 0.25) is 0 Å². The van der Waals surface area contributed by atoms with Crippen molar-refractivity contribution >= 4 is 18.2 Å². The average molecular weight is 413 g/mol. The molecule has 160 valence electrons. The van der Waals surface area contributed by atoms with Crippen LogP contribution < -0.4 is 4.74 Å². The number of unbranched alkanes of at least 4 members (excludes halogenated alkanes) is 1. The van der Waals surface area contributed by atoms with Crippen molar-refractivity contribution in [1.29, 1.82) is 0 Å². The summed E-state index contributed by atoms with van der Waals surface area (Å²) in [6, 6.07) is 16.3. The first kappa shape index (κ1) is 23.1. The van der Waals surface area contributed by atoms with Gasteiger partial charge in [0, 0.05) is 13.0 Å². The molecule has 1 unspecified atom stereocenters. The highest BCUT2D eigenvalue weighted by Crippen LogP contribution is 2.23. The van der Waals surface area contributed by atoms with Crippen LogP contribution >= 0.6 is 0 Å². The maximum atomic E-state index is 12.7. The second-order valence-electron chi connectivity index (χ2n) is 6.66. The van der Waals surface area contributed by atoms with Gasteiger partial charge in [0.2, 0.25) is 6.41 Å². The highest BCUT2D eigenvalue weighted by atomic mass is 16.7. The highest BCUT2D eigenvalue weighted by Gasteiger charge is 2.28. The molecular weight excluding hydrogens is 386 g/mol. The van der Waals surface area contributed by atoms with Gasteiger partial charge in [-0.05, 0) is 36.1 Å². The third kappa shape index (κ3) is 7.00. The minimum absolute atomic E-state index is 0.192. The second-order valence-corrected chi connectivity index (χ2v) is 6.66. The van der Waals surface area contributed by atoms with Gasteiger partial charge in [-0.25, -0.2) is 5.06 Å². The standard InChI is InChI=1S/C23H27NO6/c1-28-20-13-11-19(12-14-20)22(23(27)29-2)21(26)10-6-7-15-24(17-25)30-16-18-8-4-3-5-9-18/h3-5,8-9,11-14,17,22H,6-7,10,15-16H2,1-2H3. The maximum absolute atomic E-state index is 12.7. The molecule has 0 saturated heterocycles. The Balaban J connectivity index is 1.83. The molecule has 0 N–H and O–H groups in total. The van der Waals surface area contributed by atoms with E-state index < -0.39 is 11.9 Å². The van der Waals surface area contributed by atoms with Gasteiger partial charge in [0.15, 0.2) is 5.78 Å². The lowest BCUT2D eigenvalue weighted by molar-refractivity contribution is -0.177. The Kier molecular flexibility index (Phi) is 9.54. The third-order valence-corrected chi connectivity index (χ3v) is 4.62. The largest absolute Gasteiger partial charge is 0.497 e. The smallest absolute Gasteiger partial charge is 0.320 e. The molecule has 0 aliphatic heterocycles. The van der Waals surface area contributed by atoms with Crippen LogP contribution in [0.15, 0.2) is 54.6 Å². The van der Waals surface area contributed by atoms with Crippen molar-refractivity contribution in [2.24, 2.45) is 0 Å². The monoisotopic (exact) mass is 413 g/mol. The van der Waals surface area contributed by atoms with E-state index in [1.54, 1.807) is 31.4 Å². The first-order valence-corrected chi connectivity index (χ1v) is 9.72. The van der Waals surface area contributed by atoms with Crippen molar-refractivity contribution in [2.45, 2.75) is 31.8 Å². The fourth-order valence-corrected chi connectivity index (χ4v) is 2.96. The van der Waals surface area contributed by atoms with E-state index in [0.29, 0.717) is 43.7 Å². The van der Waals surface area contributed by atoms with E-state index in [4.69, 9.17) is 14.3 Å². The predicted octanol–water partition coefficient (Wildman–Crippen LogP) is 3.28. The fourth-order valence-electron chi connectivity index (χ4n) is 2.96. The number of ketones is 1. The molecule has 0 spiro atoms. The second kappa shape index (κ2) is 12.4. The quantitative estimate of drug-likeness (QED) is 0.165. The summed E-state index contributed by atoms with van der Waals surface area (Å²) in [4.78, 5) is 41.5. The normalized spacial score (nSPS) is 11.4. The lowest BCUT2D eigenvalue weighted by atomic mass is 9.92. The van der Waals surface area contributed by atoms with Gasteiger partial charge in [0.05, 0.1) is 14.2 Å². The molecule has 0 aliphatic rings. The topological polar surface area (TPSA) is 82.1 Å². The minimum atomic E-state index is -0.975. The van der Waals surface area contributed by atoms with Crippen LogP contribution in [0.1, 0.15) is 36.3 Å². The van der Waals surface area contributed by atoms with E-state index in [9.17, 15) is 14.4 Å². The molecule has 7 heteroatoms. The summed E-state index contributed by atoms with van der Waals surface area (Å²) in [7, 11) is 2.81. The van der Waals surface area contributed by atoms with Gasteiger partial charge in [0.1, 0.15) is 18.3 Å². The summed E-state index contributed by atoms with van der Waals surface area (Å²) >= 11 is 0. The Hall–Kier alpha value is -3.19. The lowest BCUT2D eigenvalue weighted by Gasteiger charge is -2.17. The average Bonchev–Trinajstić information content (AvgIpc) is 2.79. The molecule has 2 aromatic carbocycles. The van der Waals surface area contributed by atoms with Crippen molar-refractivity contribution < 1.29 is 28.7 Å². The van der Waals surface area contributed by atoms with Crippen LogP contribution in [-0.2, 0) is 30.6 Å². The van der Waals surface area contributed by atoms with Crippen molar-refractivity contribution in [3.8, 4) is 5.75 Å². The molecule has 2 rings (SSSR count). The van der Waals surface area contributed by atoms with Crippen LogP contribution in [0, 0.1) is 0 Å². The number of nitrogens with zero attached hydrogens (tertiary/aromatic N) is 1. The number of esters is 1. The molecule has 0 bridgehead atoms. The van der Waals surface area contributed by atoms with E-state index in [0.717, 1.165) is 5.56 Å². The van der Waals surface area contributed by atoms with Gasteiger partial charge >= 0.3 is 5.97 Å². The SMILES string of the molecule is COC(=O)C(C(=O)CCCCN(C=O)OCc1ccccc1)c1ccc(OC)cc1. The zero-order valence-electron chi connectivity index (χ0n) is 17.3. The first-order chi connectivity index (χ1) is 14.6. The highest BCUT2D eigenvalue weighted by molar-refractivity contribution is 6.04. The van der Waals surface area contributed by atoms with Gasteiger partial charge in [-0.1, -0.05) is 42.5 Å². The molecule has 30 heavy (non-hydrogen) atoms. The summed E-state index contributed by atoms with van der Waals surface area (Å²) in [6.45, 7) is 0.648. The number of hydrogen-bond acceptors (Lipinski definition) is 6. The number of benzene rings is 2. The molecule has 7 nitrogen and oxygen atoms in total. The van der Waals surface area contributed by atoms with Gasteiger partial charge < -0.3 is 9.47 Å². The molecule has 0 fully saturated rings. The predicted molar refractivity (Wildman–Crippen MR) is 111 cm³/mol. The van der Waals surface area contributed by atoms with E-state index >= 15 is 0 Å². The van der Waals surface area contributed by atoms with Gasteiger partial charge in [0.25, 0.3) is 0 Å². The molecule has 0 aromatic heterocycles. The maximum Gasteiger partial charge on any atom is 0.320 e. The number of hydrogen-bond donors (Lipinski definition) is 0. The zero-order chi connectivity index (χ0) is 21.8. The minimum Gasteiger partial charge on any atom is -0.497 e. The van der Waals surface area contributed by atoms with Gasteiger partial charge in [-0.2, -0.15) is 0 Å². The van der Waals surface area contributed by atoms with Crippen LogP contribution in [0.5, 0.6) is 5.75 Å². The molecule has 2 aromatic rings. The van der Waals surface area contributed by atoms with E-state index in [1.165, 1.54) is 12.2 Å². The fraction of sp³-hybridized carbons (Fsp3) is 0.348. The van der Waals surface area contributed by atoms with Crippen molar-refractivity contribution in [3.63, 3.8) is 0 Å². The Morgan fingerprint density at radius 3 is 2.30 bits per heavy atom. The molecule has 0 radical (unpaired) electrons. The Bertz CT molecular complexity index is 806. The Morgan fingerprint density at radius 2 is 1.70 bits per heavy atom. The number of ether oxygens (including phenoxy) is 2. The molecular formula is C23H27NO6. The van der Waals surface area contributed by atoms with E-state index in [1.807, 2.05) is 30.3 Å². The zero-order valence-corrected chi connectivity index (χ0v) is 17.3. The lowest BCUT2D eigenvalue weighted by Crippen LogP contribution is -2.25. The van der Waals surface area contributed by atoms with E-state index in [2.05, 4.69) is 0 Å². The van der Waals surface area contributed by atoms with Gasteiger partial charge in [-0.15, -0.1) is 0 Å². The number of methoxy groups -OCH3 is 2. The van der Waals surface area contributed by atoms with Gasteiger partial charge in [-0.3, -0.25) is 19.2 Å². The van der Waals surface area contributed by atoms with Crippen LogP contribution in [0.4, 0.5) is 0 Å². The summed E-state index contributed by atoms with van der Waals surface area (Å²) in [5.74, 6) is -1.16. The van der Waals surface area contributed by atoms with Crippen molar-refractivity contribution in [2.75, 3.05) is 20.8 Å². The third-order valence-electron chi connectivity index (χ3n) is 4.62. The van der Waals surface area contributed by atoms with Crippen molar-refractivity contribution in [3.05, 3.63) is 65.7 Å². The van der Waals surface area contributed by atoms with E-state index in [-0.39, 0.29) is 12.2 Å². The number of Topliss-reactive ketones (excluding diaryl/α,β-unsaturated/α-hetero) is 1. The molecule has 1 atom stereocenters. The summed E-state index contributed by atoms with van der Waals surface area (Å²) in [5.41, 5.74) is 1.52. The molecule has 0 aliphatic carbocycles. The summed E-state index contributed by atoms with van der Waals surface area (Å²) < 4.78 is 9.93. The number of carbonyl (C=O) groups is 3. The number of amides is 1. The first-order valence-electron chi connectivity index (χ1n) is 9.72. The Morgan fingerprint density at radius 1 is 1.00 bits per heavy atom. The number of carbonyl (C=O) groups excluding carboxylic acids is 3. The van der Waals surface area contributed by atoms with Crippen LogP contribution in [-0.4, -0.2) is 44.0 Å². The van der Waals surface area contributed by atoms with Crippen LogP contribution in [0.3, 0.4) is 0 Å². The summed E-state index contributed by atoms with van der Waals surface area (Å²) in [6.07, 6.45) is 1.90.